The Labute approximate surface area is 212 Å². The van der Waals surface area contributed by atoms with E-state index in [4.69, 9.17) is 14.7 Å². The number of unbranched alkanes of at least 4 members (excludes halogenated alkanes) is 2. The third-order valence-electron chi connectivity index (χ3n) is 6.99. The molecule has 2 heterocycles. The van der Waals surface area contributed by atoms with E-state index in [9.17, 15) is 4.79 Å². The van der Waals surface area contributed by atoms with Crippen LogP contribution in [0.15, 0.2) is 36.4 Å². The third-order valence-corrected chi connectivity index (χ3v) is 9.17. The molecule has 1 fully saturated rings. The van der Waals surface area contributed by atoms with Gasteiger partial charge >= 0.3 is 213 Å². The van der Waals surface area contributed by atoms with Crippen LogP contribution in [0.3, 0.4) is 0 Å². The van der Waals surface area contributed by atoms with Gasteiger partial charge in [-0.25, -0.2) is 0 Å². The predicted molar refractivity (Wildman–Crippen MR) is 143 cm³/mol. The Hall–Kier alpha value is -2.63. The molecule has 35 heavy (non-hydrogen) atoms. The summed E-state index contributed by atoms with van der Waals surface area (Å²) in [7, 11) is 1.41. The third kappa shape index (κ3) is 5.17. The number of methoxy groups -OCH3 is 1. The second-order valence-electron chi connectivity index (χ2n) is 9.49. The van der Waals surface area contributed by atoms with Crippen molar-refractivity contribution >= 4 is 46.0 Å². The van der Waals surface area contributed by atoms with Crippen LogP contribution in [0.1, 0.15) is 75.1 Å². The molecule has 5 rings (SSSR count). The number of rotatable bonds is 8. The van der Waals surface area contributed by atoms with Crippen molar-refractivity contribution in [2.75, 3.05) is 12.4 Å². The molecule has 1 aliphatic rings. The Morgan fingerprint density at radius 2 is 1.91 bits per heavy atom. The average molecular weight is 538 g/mol. The van der Waals surface area contributed by atoms with Crippen LogP contribution in [0.25, 0.3) is 32.2 Å². The normalized spacial score (nSPS) is 14.9. The fraction of sp³-hybridized carbons (Fsp3) is 0.464. The minimum atomic E-state index is -0.333. The molecule has 4 aromatic rings. The summed E-state index contributed by atoms with van der Waals surface area (Å²) in [5.41, 5.74) is 4.66. The molecular formula is C28H34N4O2Se. The van der Waals surface area contributed by atoms with Gasteiger partial charge in [-0.15, -0.1) is 0 Å². The number of hydrogen-bond acceptors (Lipinski definition) is 5. The Balaban J connectivity index is 1.56. The monoisotopic (exact) mass is 538 g/mol. The van der Waals surface area contributed by atoms with Crippen molar-refractivity contribution in [1.82, 2.24) is 14.5 Å². The van der Waals surface area contributed by atoms with Gasteiger partial charge in [-0.1, -0.05) is 0 Å². The zero-order valence-corrected chi connectivity index (χ0v) is 22.4. The van der Waals surface area contributed by atoms with Crippen molar-refractivity contribution in [1.29, 1.82) is 0 Å². The summed E-state index contributed by atoms with van der Waals surface area (Å²) in [5, 5.41) is 3.79. The quantitative estimate of drug-likeness (QED) is 0.122. The summed E-state index contributed by atoms with van der Waals surface area (Å²) in [6.07, 6.45) is 11.3. The van der Waals surface area contributed by atoms with Gasteiger partial charge in [0.25, 0.3) is 0 Å². The van der Waals surface area contributed by atoms with Gasteiger partial charge in [0.1, 0.15) is 0 Å². The van der Waals surface area contributed by atoms with E-state index in [0.29, 0.717) is 11.6 Å². The molecule has 0 radical (unpaired) electrons. The number of nitrogens with zero attached hydrogens (tertiary/aromatic N) is 3. The molecule has 0 amide bonds. The van der Waals surface area contributed by atoms with Gasteiger partial charge in [0.2, 0.25) is 0 Å². The summed E-state index contributed by atoms with van der Waals surface area (Å²) in [6, 6.07) is 12.7. The van der Waals surface area contributed by atoms with Crippen LogP contribution in [-0.4, -0.2) is 48.2 Å². The molecule has 2 aromatic heterocycles. The fourth-order valence-electron chi connectivity index (χ4n) is 5.11. The summed E-state index contributed by atoms with van der Waals surface area (Å²) in [6.45, 7) is 3.13. The van der Waals surface area contributed by atoms with Crippen LogP contribution < -0.4 is 5.32 Å². The van der Waals surface area contributed by atoms with Crippen molar-refractivity contribution in [2.45, 2.75) is 77.3 Å². The number of benzene rings is 2. The Morgan fingerprint density at radius 1 is 1.09 bits per heavy atom. The first-order valence-electron chi connectivity index (χ1n) is 12.9. The maximum atomic E-state index is 12.1. The zero-order chi connectivity index (χ0) is 24.2. The zero-order valence-electron chi connectivity index (χ0n) is 20.7. The van der Waals surface area contributed by atoms with Gasteiger partial charge in [0, 0.05) is 0 Å². The number of aromatic nitrogens is 3. The van der Waals surface area contributed by atoms with E-state index in [2.05, 4.69) is 35.0 Å². The molecular weight excluding hydrogens is 503 g/mol. The average Bonchev–Trinajstić information content (AvgIpc) is 3.35. The topological polar surface area (TPSA) is 69.0 Å². The number of carbonyl (C=O) groups excluding carboxylic acids is 1. The van der Waals surface area contributed by atoms with E-state index >= 15 is 0 Å². The van der Waals surface area contributed by atoms with E-state index in [1.165, 1.54) is 62.7 Å². The number of fused-ring (bicyclic) bond motifs is 2. The number of aryl methyl sites for hydroxylation is 1. The molecule has 2 aromatic carbocycles. The summed E-state index contributed by atoms with van der Waals surface area (Å²) >= 11 is 0.127. The van der Waals surface area contributed by atoms with E-state index in [-0.39, 0.29) is 20.5 Å². The van der Waals surface area contributed by atoms with E-state index in [0.717, 1.165) is 45.6 Å². The van der Waals surface area contributed by atoms with Gasteiger partial charge < -0.3 is 0 Å². The first-order valence-corrected chi connectivity index (χ1v) is 14.6. The maximum absolute atomic E-state index is 12.1. The van der Waals surface area contributed by atoms with Gasteiger partial charge in [0.05, 0.1) is 0 Å². The molecule has 0 saturated heterocycles. The molecule has 184 valence electrons. The molecule has 1 saturated carbocycles. The molecule has 7 heteroatoms. The summed E-state index contributed by atoms with van der Waals surface area (Å²) in [5.74, 6) is 0.642. The molecule has 0 unspecified atom stereocenters. The van der Waals surface area contributed by atoms with Crippen molar-refractivity contribution in [3.63, 3.8) is 0 Å². The van der Waals surface area contributed by atoms with Crippen LogP contribution in [0.2, 0.25) is 0 Å². The number of hydrogen-bond donors (Lipinski definition) is 1. The van der Waals surface area contributed by atoms with Crippen molar-refractivity contribution in [3.8, 4) is 11.4 Å². The van der Waals surface area contributed by atoms with Gasteiger partial charge in [-0.2, -0.15) is 0 Å². The SMILES string of the molecule is CCCCCn1c(-c2cccc3nc(NC4CCCCCC4)[se]c23)nc2cc(C(=O)OC)ccc21. The molecule has 1 aliphatic carbocycles. The molecule has 0 aliphatic heterocycles. The van der Waals surface area contributed by atoms with E-state index in [1.54, 1.807) is 0 Å². The van der Waals surface area contributed by atoms with Crippen LogP contribution >= 0.6 is 0 Å². The van der Waals surface area contributed by atoms with Crippen LogP contribution in [-0.2, 0) is 11.3 Å². The van der Waals surface area contributed by atoms with E-state index < -0.39 is 0 Å². The first-order chi connectivity index (χ1) is 17.2. The molecule has 0 spiro atoms. The number of imidazole rings is 1. The number of esters is 1. The van der Waals surface area contributed by atoms with Crippen molar-refractivity contribution in [2.24, 2.45) is 0 Å². The number of nitrogens with one attached hydrogen (secondary N) is 1. The molecule has 0 bridgehead atoms. The Kier molecular flexibility index (Phi) is 7.54. The molecule has 6 nitrogen and oxygen atoms in total. The predicted octanol–water partition coefficient (Wildman–Crippen LogP) is 6.42. The first kappa shape index (κ1) is 24.1. The van der Waals surface area contributed by atoms with Crippen LogP contribution in [0.4, 0.5) is 4.69 Å². The number of carbonyl (C=O) groups is 1. The molecule has 0 atom stereocenters. The minimum absolute atomic E-state index is 0.127. The number of ether oxygens (including phenoxy) is 1. The Bertz CT molecular complexity index is 1320. The fourth-order valence-corrected chi connectivity index (χ4v) is 7.32. The summed E-state index contributed by atoms with van der Waals surface area (Å²) in [4.78, 5) is 22.2. The van der Waals surface area contributed by atoms with E-state index in [1.807, 2.05) is 18.2 Å². The van der Waals surface area contributed by atoms with Gasteiger partial charge in [-0.3, -0.25) is 0 Å². The number of anilines is 1. The van der Waals surface area contributed by atoms with Crippen molar-refractivity contribution in [3.05, 3.63) is 42.0 Å². The second kappa shape index (κ2) is 11.0. The standard InChI is InChI=1S/C28H34N4O2Se/c1-3-4-9-17-32-24-16-15-19(27(33)34-2)18-23(24)30-26(32)21-13-10-14-22-25(21)35-28(31-22)29-20-11-7-5-6-8-12-20/h10,13-16,18,20H,3-9,11-12,17H2,1-2H3,(H,29,31). The van der Waals surface area contributed by atoms with Gasteiger partial charge in [-0.05, 0) is 0 Å². The Morgan fingerprint density at radius 3 is 2.69 bits per heavy atom. The second-order valence-corrected chi connectivity index (χ2v) is 11.6. The summed E-state index contributed by atoms with van der Waals surface area (Å²) < 4.78 is 9.71. The van der Waals surface area contributed by atoms with Gasteiger partial charge in [0.15, 0.2) is 0 Å². The van der Waals surface area contributed by atoms with Crippen LogP contribution in [0.5, 0.6) is 0 Å². The van der Waals surface area contributed by atoms with Crippen LogP contribution in [0, 0.1) is 0 Å². The molecule has 1 N–H and O–H groups in total. The van der Waals surface area contributed by atoms with Crippen molar-refractivity contribution < 1.29 is 9.53 Å².